The summed E-state index contributed by atoms with van der Waals surface area (Å²) < 4.78 is 0. The fourth-order valence-corrected chi connectivity index (χ4v) is 0.933. The van der Waals surface area contributed by atoms with Gasteiger partial charge in [0.2, 0.25) is 0 Å². The molecule has 0 amide bonds. The summed E-state index contributed by atoms with van der Waals surface area (Å²) in [6.07, 6.45) is 1.20. The topological polar surface area (TPSA) is 73.7 Å². The molecule has 3 nitrogen and oxygen atoms in total. The number of nitrogens with one attached hydrogen (secondary N) is 2. The lowest BCUT2D eigenvalue weighted by Crippen LogP contribution is -1.97. The van der Waals surface area contributed by atoms with Gasteiger partial charge in [-0.15, -0.1) is 0 Å². The average Bonchev–Trinajstić information content (AvgIpc) is 2.05. The fourth-order valence-electron chi connectivity index (χ4n) is 0.933. The number of benzene rings is 1. The van der Waals surface area contributed by atoms with Crippen LogP contribution >= 0.6 is 0 Å². The Morgan fingerprint density at radius 1 is 1.50 bits per heavy atom. The van der Waals surface area contributed by atoms with E-state index >= 15 is 0 Å². The Bertz CT molecular complexity index is 329. The maximum Gasteiger partial charge on any atom is 0.0403 e. The normalized spacial score (nSPS) is 9.42. The van der Waals surface area contributed by atoms with Gasteiger partial charge in [-0.1, -0.05) is 6.07 Å². The second-order valence-corrected chi connectivity index (χ2v) is 2.61. The van der Waals surface area contributed by atoms with E-state index in [0.717, 1.165) is 5.56 Å². The number of nitrogen functional groups attached to an aromatic ring is 1. The van der Waals surface area contributed by atoms with Crippen molar-refractivity contribution in [3.8, 4) is 0 Å². The summed E-state index contributed by atoms with van der Waals surface area (Å²) in [5.74, 6) is 0. The monoisotopic (exact) mass is 161 g/mol. The van der Waals surface area contributed by atoms with E-state index in [1.807, 2.05) is 0 Å². The lowest BCUT2D eigenvalue weighted by atomic mass is 10.1. The molecule has 0 saturated carbocycles. The summed E-state index contributed by atoms with van der Waals surface area (Å²) in [6, 6.07) is 5.24. The highest BCUT2D eigenvalue weighted by Crippen LogP contribution is 2.11. The van der Waals surface area contributed by atoms with Crippen LogP contribution in [-0.2, 0) is 0 Å². The second kappa shape index (κ2) is 3.17. The SMILES string of the molecule is CC(=N)c1ccc(N)c(C=N)c1. The van der Waals surface area contributed by atoms with Crippen LogP contribution < -0.4 is 5.73 Å². The lowest BCUT2D eigenvalue weighted by Gasteiger charge is -2.02. The highest BCUT2D eigenvalue weighted by Gasteiger charge is 1.99. The molecule has 0 radical (unpaired) electrons. The van der Waals surface area contributed by atoms with E-state index < -0.39 is 0 Å². The molecule has 62 valence electrons. The summed E-state index contributed by atoms with van der Waals surface area (Å²) >= 11 is 0. The molecule has 0 fully saturated rings. The molecule has 0 aliphatic rings. The zero-order chi connectivity index (χ0) is 9.14. The molecule has 1 rings (SSSR count). The molecule has 0 aliphatic heterocycles. The lowest BCUT2D eigenvalue weighted by molar-refractivity contribution is 1.45. The number of nitrogens with two attached hydrogens (primary N) is 1. The van der Waals surface area contributed by atoms with Crippen molar-refractivity contribution >= 4 is 17.6 Å². The average molecular weight is 161 g/mol. The van der Waals surface area contributed by atoms with E-state index in [0.29, 0.717) is 17.0 Å². The molecular formula is C9H11N3. The predicted octanol–water partition coefficient (Wildman–Crippen LogP) is 1.65. The minimum atomic E-state index is 0.484. The zero-order valence-corrected chi connectivity index (χ0v) is 6.89. The first-order chi connectivity index (χ1) is 5.65. The van der Waals surface area contributed by atoms with Crippen molar-refractivity contribution in [2.24, 2.45) is 0 Å². The molecule has 1 aromatic rings. The van der Waals surface area contributed by atoms with E-state index in [4.69, 9.17) is 16.6 Å². The number of hydrogen-bond acceptors (Lipinski definition) is 3. The summed E-state index contributed by atoms with van der Waals surface area (Å²) in [7, 11) is 0. The summed E-state index contributed by atoms with van der Waals surface area (Å²) in [6.45, 7) is 1.71. The van der Waals surface area contributed by atoms with Gasteiger partial charge in [0, 0.05) is 23.2 Å². The van der Waals surface area contributed by atoms with Gasteiger partial charge in [-0.2, -0.15) is 0 Å². The third-order valence-electron chi connectivity index (χ3n) is 1.68. The van der Waals surface area contributed by atoms with Crippen LogP contribution in [0.2, 0.25) is 0 Å². The molecular weight excluding hydrogens is 150 g/mol. The first-order valence-corrected chi connectivity index (χ1v) is 3.60. The van der Waals surface area contributed by atoms with Crippen LogP contribution in [0.25, 0.3) is 0 Å². The molecule has 0 aromatic heterocycles. The van der Waals surface area contributed by atoms with E-state index in [9.17, 15) is 0 Å². The van der Waals surface area contributed by atoms with Crippen molar-refractivity contribution in [2.75, 3.05) is 5.73 Å². The van der Waals surface area contributed by atoms with Crippen LogP contribution in [0.1, 0.15) is 18.1 Å². The standard InChI is InChI=1S/C9H11N3/c1-6(11)7-2-3-9(12)8(4-7)5-10/h2-5,10-11H,12H2,1H3. The van der Waals surface area contributed by atoms with Gasteiger partial charge in [-0.3, -0.25) is 0 Å². The minimum Gasteiger partial charge on any atom is -0.398 e. The van der Waals surface area contributed by atoms with Crippen molar-refractivity contribution in [2.45, 2.75) is 6.92 Å². The van der Waals surface area contributed by atoms with Crippen LogP contribution in [0.4, 0.5) is 5.69 Å². The van der Waals surface area contributed by atoms with E-state index in [2.05, 4.69) is 0 Å². The van der Waals surface area contributed by atoms with E-state index in [1.54, 1.807) is 25.1 Å². The molecule has 0 unspecified atom stereocenters. The van der Waals surface area contributed by atoms with Crippen molar-refractivity contribution in [3.05, 3.63) is 29.3 Å². The van der Waals surface area contributed by atoms with Crippen LogP contribution in [0.15, 0.2) is 18.2 Å². The van der Waals surface area contributed by atoms with Gasteiger partial charge in [-0.05, 0) is 24.6 Å². The first kappa shape index (κ1) is 8.46. The molecule has 4 N–H and O–H groups in total. The number of rotatable bonds is 2. The molecule has 0 saturated heterocycles. The minimum absolute atomic E-state index is 0.484. The van der Waals surface area contributed by atoms with Crippen LogP contribution in [0.5, 0.6) is 0 Å². The van der Waals surface area contributed by atoms with E-state index in [-0.39, 0.29) is 0 Å². The summed E-state index contributed by atoms with van der Waals surface area (Å²) in [5.41, 5.74) is 8.12. The van der Waals surface area contributed by atoms with Gasteiger partial charge in [0.25, 0.3) is 0 Å². The Kier molecular flexibility index (Phi) is 2.24. The maximum absolute atomic E-state index is 7.36. The summed E-state index contributed by atoms with van der Waals surface area (Å²) in [5, 5.41) is 14.4. The van der Waals surface area contributed by atoms with Gasteiger partial charge < -0.3 is 16.6 Å². The van der Waals surface area contributed by atoms with Crippen LogP contribution in [-0.4, -0.2) is 11.9 Å². The number of anilines is 1. The Balaban J connectivity index is 3.22. The Labute approximate surface area is 71.2 Å². The molecule has 0 spiro atoms. The van der Waals surface area contributed by atoms with Gasteiger partial charge in [0.1, 0.15) is 0 Å². The van der Waals surface area contributed by atoms with E-state index in [1.165, 1.54) is 6.21 Å². The highest BCUT2D eigenvalue weighted by atomic mass is 14.6. The highest BCUT2D eigenvalue weighted by molar-refractivity contribution is 5.99. The molecule has 3 heteroatoms. The van der Waals surface area contributed by atoms with Crippen molar-refractivity contribution in [1.82, 2.24) is 0 Å². The maximum atomic E-state index is 7.36. The van der Waals surface area contributed by atoms with Crippen molar-refractivity contribution in [1.29, 1.82) is 10.8 Å². The molecule has 12 heavy (non-hydrogen) atoms. The Morgan fingerprint density at radius 3 is 2.67 bits per heavy atom. The van der Waals surface area contributed by atoms with Crippen molar-refractivity contribution in [3.63, 3.8) is 0 Å². The first-order valence-electron chi connectivity index (χ1n) is 3.60. The van der Waals surface area contributed by atoms with Crippen LogP contribution in [0.3, 0.4) is 0 Å². The molecule has 0 aliphatic carbocycles. The fraction of sp³-hybridized carbons (Fsp3) is 0.111. The smallest absolute Gasteiger partial charge is 0.0403 e. The largest absolute Gasteiger partial charge is 0.398 e. The molecule has 0 atom stereocenters. The third kappa shape index (κ3) is 1.50. The number of hydrogen-bond donors (Lipinski definition) is 3. The quantitative estimate of drug-likeness (QED) is 0.448. The summed E-state index contributed by atoms with van der Waals surface area (Å²) in [4.78, 5) is 0. The Morgan fingerprint density at radius 2 is 2.17 bits per heavy atom. The Hall–Kier alpha value is -1.64. The molecule has 0 bridgehead atoms. The molecule has 1 aromatic carbocycles. The van der Waals surface area contributed by atoms with Gasteiger partial charge in [0.15, 0.2) is 0 Å². The predicted molar refractivity (Wildman–Crippen MR) is 51.2 cm³/mol. The van der Waals surface area contributed by atoms with Crippen LogP contribution in [0, 0.1) is 10.8 Å². The zero-order valence-electron chi connectivity index (χ0n) is 6.89. The third-order valence-corrected chi connectivity index (χ3v) is 1.68. The van der Waals surface area contributed by atoms with Gasteiger partial charge >= 0.3 is 0 Å². The van der Waals surface area contributed by atoms with Crippen molar-refractivity contribution < 1.29 is 0 Å². The second-order valence-electron chi connectivity index (χ2n) is 2.61. The van der Waals surface area contributed by atoms with Gasteiger partial charge in [-0.25, -0.2) is 0 Å². The molecule has 0 heterocycles. The van der Waals surface area contributed by atoms with Gasteiger partial charge in [0.05, 0.1) is 0 Å².